The van der Waals surface area contributed by atoms with Gasteiger partial charge in [-0.25, -0.2) is 5.01 Å². The van der Waals surface area contributed by atoms with Crippen molar-refractivity contribution in [2.24, 2.45) is 0 Å². The zero-order valence-electron chi connectivity index (χ0n) is 22.3. The number of nitrogens with one attached hydrogen (secondary N) is 1. The SMILES string of the molecule is O=C(CC1c2ccccc2C(=O)N(N2CCCCC2C(=O)O)C1c1ccc(Cl)cc1Cl)NCCc1ccc(O)cc1. The van der Waals surface area contributed by atoms with Crippen molar-refractivity contribution >= 4 is 41.0 Å². The van der Waals surface area contributed by atoms with Gasteiger partial charge >= 0.3 is 5.97 Å². The number of phenols is 1. The molecule has 3 N–H and O–H groups in total. The molecule has 0 radical (unpaired) electrons. The first-order valence-electron chi connectivity index (χ1n) is 13.7. The zero-order valence-corrected chi connectivity index (χ0v) is 23.8. The van der Waals surface area contributed by atoms with Gasteiger partial charge in [-0.05, 0) is 72.7 Å². The van der Waals surface area contributed by atoms with Crippen LogP contribution in [0.15, 0.2) is 66.7 Å². The Bertz CT molecular complexity index is 1450. The highest BCUT2D eigenvalue weighted by atomic mass is 35.5. The van der Waals surface area contributed by atoms with Crippen LogP contribution in [-0.2, 0) is 16.0 Å². The van der Waals surface area contributed by atoms with Gasteiger partial charge in [0.05, 0.1) is 6.04 Å². The van der Waals surface area contributed by atoms with Crippen molar-refractivity contribution in [2.75, 3.05) is 13.1 Å². The number of carbonyl (C=O) groups excluding carboxylic acids is 2. The molecule has 2 heterocycles. The number of carboxylic acid groups (broad SMARTS) is 1. The average molecular weight is 597 g/mol. The van der Waals surface area contributed by atoms with E-state index in [-0.39, 0.29) is 24.0 Å². The van der Waals surface area contributed by atoms with Crippen LogP contribution in [0.4, 0.5) is 0 Å². The maximum absolute atomic E-state index is 14.1. The van der Waals surface area contributed by atoms with E-state index in [1.807, 2.05) is 12.1 Å². The lowest BCUT2D eigenvalue weighted by atomic mass is 9.78. The number of fused-ring (bicyclic) bond motifs is 1. The average Bonchev–Trinajstić information content (AvgIpc) is 2.96. The lowest BCUT2D eigenvalue weighted by Gasteiger charge is -2.50. The van der Waals surface area contributed by atoms with E-state index in [2.05, 4.69) is 5.32 Å². The summed E-state index contributed by atoms with van der Waals surface area (Å²) < 4.78 is 0. The molecule has 0 aliphatic carbocycles. The van der Waals surface area contributed by atoms with Crippen LogP contribution < -0.4 is 5.32 Å². The molecule has 0 saturated carbocycles. The molecular weight excluding hydrogens is 565 g/mol. The lowest BCUT2D eigenvalue weighted by Crippen LogP contribution is -2.59. The summed E-state index contributed by atoms with van der Waals surface area (Å²) in [6.07, 6.45) is 2.51. The van der Waals surface area contributed by atoms with Gasteiger partial charge < -0.3 is 15.5 Å². The largest absolute Gasteiger partial charge is 0.508 e. The number of piperidine rings is 1. The van der Waals surface area contributed by atoms with Crippen molar-refractivity contribution in [3.05, 3.63) is 99.0 Å². The second-order valence-corrected chi connectivity index (χ2v) is 11.3. The maximum Gasteiger partial charge on any atom is 0.322 e. The molecule has 0 aromatic heterocycles. The number of phenolic OH excluding ortho intramolecular Hbond substituents is 1. The van der Waals surface area contributed by atoms with Gasteiger partial charge in [0.1, 0.15) is 11.8 Å². The summed E-state index contributed by atoms with van der Waals surface area (Å²) in [6, 6.07) is 17.4. The minimum absolute atomic E-state index is 0.0472. The zero-order chi connectivity index (χ0) is 29.1. The van der Waals surface area contributed by atoms with Crippen LogP contribution >= 0.6 is 23.2 Å². The van der Waals surface area contributed by atoms with Gasteiger partial charge in [-0.15, -0.1) is 0 Å². The van der Waals surface area contributed by atoms with Crippen LogP contribution in [0.5, 0.6) is 5.75 Å². The number of amides is 2. The van der Waals surface area contributed by atoms with Crippen molar-refractivity contribution in [2.45, 2.75) is 50.1 Å². The van der Waals surface area contributed by atoms with Gasteiger partial charge in [0.25, 0.3) is 5.91 Å². The van der Waals surface area contributed by atoms with Gasteiger partial charge in [-0.1, -0.05) is 59.6 Å². The van der Waals surface area contributed by atoms with E-state index < -0.39 is 24.0 Å². The molecule has 41 heavy (non-hydrogen) atoms. The Hall–Kier alpha value is -3.59. The van der Waals surface area contributed by atoms with E-state index in [0.29, 0.717) is 52.7 Å². The molecular formula is C31H31Cl2N3O5. The predicted molar refractivity (Wildman–Crippen MR) is 156 cm³/mol. The first-order chi connectivity index (χ1) is 19.7. The van der Waals surface area contributed by atoms with Gasteiger partial charge in [0.15, 0.2) is 0 Å². The number of carboxylic acids is 1. The first-order valence-corrected chi connectivity index (χ1v) is 14.4. The molecule has 8 nitrogen and oxygen atoms in total. The van der Waals surface area contributed by atoms with Crippen molar-refractivity contribution < 1.29 is 24.6 Å². The van der Waals surface area contributed by atoms with Crippen LogP contribution in [0.25, 0.3) is 0 Å². The maximum atomic E-state index is 14.1. The highest BCUT2D eigenvalue weighted by Gasteiger charge is 2.47. The number of halogens is 2. The molecule has 1 saturated heterocycles. The summed E-state index contributed by atoms with van der Waals surface area (Å²) in [6.45, 7) is 0.776. The minimum atomic E-state index is -0.999. The van der Waals surface area contributed by atoms with E-state index in [9.17, 15) is 24.6 Å². The number of benzene rings is 3. The van der Waals surface area contributed by atoms with Gasteiger partial charge in [0.2, 0.25) is 5.91 Å². The topological polar surface area (TPSA) is 110 Å². The normalized spacial score (nSPS) is 20.9. The minimum Gasteiger partial charge on any atom is -0.508 e. The van der Waals surface area contributed by atoms with Crippen molar-refractivity contribution in [1.29, 1.82) is 0 Å². The van der Waals surface area contributed by atoms with E-state index in [4.69, 9.17) is 23.2 Å². The molecule has 0 spiro atoms. The Labute approximate surface area is 248 Å². The van der Waals surface area contributed by atoms with E-state index in [0.717, 1.165) is 18.4 Å². The van der Waals surface area contributed by atoms with E-state index in [1.165, 1.54) is 5.01 Å². The molecule has 3 aromatic carbocycles. The molecule has 2 amide bonds. The number of carbonyl (C=O) groups is 3. The van der Waals surface area contributed by atoms with Gasteiger partial charge in [-0.2, -0.15) is 0 Å². The highest BCUT2D eigenvalue weighted by Crippen LogP contribution is 2.48. The summed E-state index contributed by atoms with van der Waals surface area (Å²) in [7, 11) is 0. The standard InChI is InChI=1S/C31H31Cl2N3O5/c32-20-10-13-24(26(33)17-20)29-25(18-28(38)34-15-14-19-8-11-21(37)12-9-19)22-5-1-2-6-23(22)30(39)36(29)35-16-4-3-7-27(35)31(40)41/h1-2,5-6,8-13,17,25,27,29,37H,3-4,7,14-16,18H2,(H,34,38)(H,40,41). The lowest BCUT2D eigenvalue weighted by molar-refractivity contribution is -0.158. The molecule has 3 aromatic rings. The summed E-state index contributed by atoms with van der Waals surface area (Å²) >= 11 is 13.0. The second-order valence-electron chi connectivity index (χ2n) is 10.4. The number of hydrazine groups is 1. The number of rotatable bonds is 8. The number of nitrogens with zero attached hydrogens (tertiary/aromatic N) is 2. The molecule has 3 unspecified atom stereocenters. The smallest absolute Gasteiger partial charge is 0.322 e. The number of hydrogen-bond acceptors (Lipinski definition) is 5. The van der Waals surface area contributed by atoms with Crippen molar-refractivity contribution in [3.63, 3.8) is 0 Å². The molecule has 214 valence electrons. The number of aromatic hydroxyl groups is 1. The van der Waals surface area contributed by atoms with Crippen LogP contribution in [0.1, 0.15) is 64.7 Å². The fraction of sp³-hybridized carbons (Fsp3) is 0.323. The van der Waals surface area contributed by atoms with Crippen LogP contribution in [0.2, 0.25) is 10.0 Å². The first kappa shape index (κ1) is 28.9. The molecule has 5 rings (SSSR count). The van der Waals surface area contributed by atoms with Crippen molar-refractivity contribution in [3.8, 4) is 5.75 Å². The van der Waals surface area contributed by atoms with Crippen LogP contribution in [0.3, 0.4) is 0 Å². The Kier molecular flexibility index (Phi) is 8.82. The van der Waals surface area contributed by atoms with Gasteiger partial charge in [0, 0.05) is 41.0 Å². The molecule has 0 bridgehead atoms. The summed E-state index contributed by atoms with van der Waals surface area (Å²) in [5.74, 6) is -1.86. The summed E-state index contributed by atoms with van der Waals surface area (Å²) in [5, 5.41) is 26.5. The highest BCUT2D eigenvalue weighted by molar-refractivity contribution is 6.35. The number of aliphatic carboxylic acids is 1. The summed E-state index contributed by atoms with van der Waals surface area (Å²) in [5.41, 5.74) is 2.71. The Morgan fingerprint density at radius 2 is 1.73 bits per heavy atom. The van der Waals surface area contributed by atoms with E-state index in [1.54, 1.807) is 59.6 Å². The van der Waals surface area contributed by atoms with Gasteiger partial charge in [-0.3, -0.25) is 19.4 Å². The second kappa shape index (κ2) is 12.5. The van der Waals surface area contributed by atoms with Crippen molar-refractivity contribution in [1.82, 2.24) is 15.3 Å². The third-order valence-corrected chi connectivity index (χ3v) is 8.40. The fourth-order valence-electron chi connectivity index (χ4n) is 5.90. The molecule has 3 atom stereocenters. The third-order valence-electron chi connectivity index (χ3n) is 7.84. The monoisotopic (exact) mass is 595 g/mol. The number of hydrogen-bond donors (Lipinski definition) is 3. The molecule has 2 aliphatic heterocycles. The van der Waals surface area contributed by atoms with Crippen LogP contribution in [-0.4, -0.2) is 57.1 Å². The predicted octanol–water partition coefficient (Wildman–Crippen LogP) is 5.58. The Morgan fingerprint density at radius 3 is 2.46 bits per heavy atom. The summed E-state index contributed by atoms with van der Waals surface area (Å²) in [4.78, 5) is 39.9. The van der Waals surface area contributed by atoms with Crippen LogP contribution in [0, 0.1) is 0 Å². The quantitative estimate of drug-likeness (QED) is 0.313. The third kappa shape index (κ3) is 6.20. The van der Waals surface area contributed by atoms with E-state index >= 15 is 0 Å². The fourth-order valence-corrected chi connectivity index (χ4v) is 6.42. The Morgan fingerprint density at radius 1 is 0.976 bits per heavy atom. The molecule has 1 fully saturated rings. The molecule has 2 aliphatic rings. The molecule has 10 heteroatoms. The Balaban J connectivity index is 1.52.